The third-order valence-corrected chi connectivity index (χ3v) is 4.29. The number of guanidine groups is 1. The molecule has 1 aromatic carbocycles. The maximum absolute atomic E-state index is 5.98. The molecule has 0 saturated heterocycles. The van der Waals surface area contributed by atoms with E-state index in [4.69, 9.17) is 9.47 Å². The van der Waals surface area contributed by atoms with E-state index in [1.165, 1.54) is 12.8 Å². The van der Waals surface area contributed by atoms with E-state index in [0.29, 0.717) is 19.0 Å². The zero-order valence-electron chi connectivity index (χ0n) is 16.1. The summed E-state index contributed by atoms with van der Waals surface area (Å²) in [5.74, 6) is 3.76. The second kappa shape index (κ2) is 9.80. The molecule has 0 radical (unpaired) electrons. The highest BCUT2D eigenvalue weighted by Crippen LogP contribution is 2.27. The van der Waals surface area contributed by atoms with E-state index in [1.807, 2.05) is 36.4 Å². The molecule has 0 aliphatic heterocycles. The van der Waals surface area contributed by atoms with Crippen LogP contribution in [0.5, 0.6) is 17.4 Å². The first kappa shape index (κ1) is 19.0. The number of hydrogen-bond donors (Lipinski definition) is 2. The lowest BCUT2D eigenvalue weighted by Gasteiger charge is -2.14. The number of nitrogens with one attached hydrogen (secondary N) is 2. The van der Waals surface area contributed by atoms with Gasteiger partial charge in [0.2, 0.25) is 5.88 Å². The first-order chi connectivity index (χ1) is 13.3. The topological polar surface area (TPSA) is 67.8 Å². The Bertz CT molecular complexity index is 742. The maximum atomic E-state index is 5.98. The molecule has 0 spiro atoms. The summed E-state index contributed by atoms with van der Waals surface area (Å²) in [5.41, 5.74) is 0.971. The van der Waals surface area contributed by atoms with Crippen LogP contribution in [0.25, 0.3) is 0 Å². The summed E-state index contributed by atoms with van der Waals surface area (Å²) >= 11 is 0. The number of aliphatic imine (C=N–C) groups is 1. The quantitative estimate of drug-likeness (QED) is 0.521. The molecule has 144 valence electrons. The number of ether oxygens (including phenoxy) is 2. The fourth-order valence-electron chi connectivity index (χ4n) is 2.55. The summed E-state index contributed by atoms with van der Waals surface area (Å²) in [6.07, 6.45) is 5.35. The van der Waals surface area contributed by atoms with Gasteiger partial charge in [-0.2, -0.15) is 0 Å². The standard InChI is InChI=1S/C21H28N4O2/c1-3-13-26-18-8-10-19(11-9-18)27-20-17(5-4-12-23-20)15-25-21(22-2)24-14-16-6-7-16/h4-5,8-12,16H,3,6-7,13-15H2,1-2H3,(H2,22,24,25). The maximum Gasteiger partial charge on any atom is 0.224 e. The molecule has 0 amide bonds. The van der Waals surface area contributed by atoms with Gasteiger partial charge in [-0.15, -0.1) is 0 Å². The van der Waals surface area contributed by atoms with Crippen LogP contribution in [0, 0.1) is 5.92 Å². The Morgan fingerprint density at radius 3 is 2.63 bits per heavy atom. The van der Waals surface area contributed by atoms with Crippen LogP contribution in [-0.4, -0.2) is 31.1 Å². The van der Waals surface area contributed by atoms with Crippen molar-refractivity contribution < 1.29 is 9.47 Å². The van der Waals surface area contributed by atoms with Crippen LogP contribution >= 0.6 is 0 Å². The van der Waals surface area contributed by atoms with Crippen LogP contribution < -0.4 is 20.1 Å². The van der Waals surface area contributed by atoms with Gasteiger partial charge in [-0.05, 0) is 55.5 Å². The Morgan fingerprint density at radius 1 is 1.15 bits per heavy atom. The third kappa shape index (κ3) is 6.16. The van der Waals surface area contributed by atoms with Gasteiger partial charge in [0.15, 0.2) is 5.96 Å². The predicted octanol–water partition coefficient (Wildman–Crippen LogP) is 3.74. The van der Waals surface area contributed by atoms with Gasteiger partial charge in [0, 0.05) is 31.9 Å². The highest BCUT2D eigenvalue weighted by atomic mass is 16.5. The lowest BCUT2D eigenvalue weighted by Crippen LogP contribution is -2.37. The van der Waals surface area contributed by atoms with Crippen molar-refractivity contribution in [2.24, 2.45) is 10.9 Å². The van der Waals surface area contributed by atoms with Gasteiger partial charge in [-0.3, -0.25) is 4.99 Å². The van der Waals surface area contributed by atoms with Crippen LogP contribution in [0.3, 0.4) is 0 Å². The number of rotatable bonds is 9. The Balaban J connectivity index is 1.57. The van der Waals surface area contributed by atoms with E-state index in [2.05, 4.69) is 27.5 Å². The number of pyridine rings is 1. The van der Waals surface area contributed by atoms with Crippen LogP contribution in [0.15, 0.2) is 47.6 Å². The summed E-state index contributed by atoms with van der Waals surface area (Å²) in [6, 6.07) is 11.5. The van der Waals surface area contributed by atoms with Gasteiger partial charge in [0.1, 0.15) is 11.5 Å². The fourth-order valence-corrected chi connectivity index (χ4v) is 2.55. The molecule has 1 fully saturated rings. The van der Waals surface area contributed by atoms with Crippen molar-refractivity contribution in [3.05, 3.63) is 48.2 Å². The van der Waals surface area contributed by atoms with Gasteiger partial charge in [-0.1, -0.05) is 13.0 Å². The Hall–Kier alpha value is -2.76. The monoisotopic (exact) mass is 368 g/mol. The van der Waals surface area contributed by atoms with Crippen LogP contribution in [0.4, 0.5) is 0 Å². The van der Waals surface area contributed by atoms with Crippen molar-refractivity contribution in [1.29, 1.82) is 0 Å². The third-order valence-electron chi connectivity index (χ3n) is 4.29. The minimum Gasteiger partial charge on any atom is -0.494 e. The second-order valence-corrected chi connectivity index (χ2v) is 6.64. The van der Waals surface area contributed by atoms with Crippen LogP contribution in [0.1, 0.15) is 31.7 Å². The van der Waals surface area contributed by atoms with Crippen molar-refractivity contribution >= 4 is 5.96 Å². The minimum atomic E-state index is 0.588. The largest absolute Gasteiger partial charge is 0.494 e. The highest BCUT2D eigenvalue weighted by Gasteiger charge is 2.21. The zero-order chi connectivity index (χ0) is 18.9. The average molecular weight is 368 g/mol. The van der Waals surface area contributed by atoms with Crippen molar-refractivity contribution in [3.8, 4) is 17.4 Å². The number of nitrogens with zero attached hydrogens (tertiary/aromatic N) is 2. The molecule has 6 nitrogen and oxygen atoms in total. The van der Waals surface area contributed by atoms with E-state index >= 15 is 0 Å². The van der Waals surface area contributed by atoms with Gasteiger partial charge >= 0.3 is 0 Å². The molecule has 3 rings (SSSR count). The smallest absolute Gasteiger partial charge is 0.224 e. The second-order valence-electron chi connectivity index (χ2n) is 6.64. The molecular weight excluding hydrogens is 340 g/mol. The Morgan fingerprint density at radius 2 is 1.93 bits per heavy atom. The fraction of sp³-hybridized carbons (Fsp3) is 0.429. The molecule has 6 heteroatoms. The van der Waals surface area contributed by atoms with Crippen molar-refractivity contribution in [1.82, 2.24) is 15.6 Å². The molecule has 27 heavy (non-hydrogen) atoms. The summed E-state index contributed by atoms with van der Waals surface area (Å²) in [6.45, 7) is 4.37. The van der Waals surface area contributed by atoms with Crippen molar-refractivity contribution in [2.45, 2.75) is 32.7 Å². The molecule has 2 aromatic rings. The Kier molecular flexibility index (Phi) is 6.90. The molecule has 1 saturated carbocycles. The van der Waals surface area contributed by atoms with Crippen molar-refractivity contribution in [3.63, 3.8) is 0 Å². The molecule has 2 N–H and O–H groups in total. The summed E-state index contributed by atoms with van der Waals surface area (Å²) in [5, 5.41) is 6.68. The first-order valence-electron chi connectivity index (χ1n) is 9.57. The van der Waals surface area contributed by atoms with Crippen LogP contribution in [0.2, 0.25) is 0 Å². The molecular formula is C21H28N4O2. The lowest BCUT2D eigenvalue weighted by atomic mass is 10.2. The SMILES string of the molecule is CCCOc1ccc(Oc2ncccc2CNC(=NC)NCC2CC2)cc1. The van der Waals surface area contributed by atoms with E-state index in [-0.39, 0.29) is 0 Å². The zero-order valence-corrected chi connectivity index (χ0v) is 16.1. The van der Waals surface area contributed by atoms with E-state index in [0.717, 1.165) is 41.9 Å². The van der Waals surface area contributed by atoms with Crippen LogP contribution in [-0.2, 0) is 6.54 Å². The highest BCUT2D eigenvalue weighted by molar-refractivity contribution is 5.79. The summed E-state index contributed by atoms with van der Waals surface area (Å²) < 4.78 is 11.6. The van der Waals surface area contributed by atoms with Crippen molar-refractivity contribution in [2.75, 3.05) is 20.2 Å². The normalized spacial score (nSPS) is 13.9. The molecule has 0 bridgehead atoms. The lowest BCUT2D eigenvalue weighted by molar-refractivity contribution is 0.317. The number of benzene rings is 1. The van der Waals surface area contributed by atoms with Gasteiger partial charge in [0.25, 0.3) is 0 Å². The van der Waals surface area contributed by atoms with Gasteiger partial charge < -0.3 is 20.1 Å². The van der Waals surface area contributed by atoms with Gasteiger partial charge in [0.05, 0.1) is 6.61 Å². The first-order valence-corrected chi connectivity index (χ1v) is 9.57. The van der Waals surface area contributed by atoms with E-state index in [9.17, 15) is 0 Å². The predicted molar refractivity (Wildman–Crippen MR) is 107 cm³/mol. The summed E-state index contributed by atoms with van der Waals surface area (Å²) in [7, 11) is 1.78. The Labute approximate surface area is 161 Å². The minimum absolute atomic E-state index is 0.588. The average Bonchev–Trinajstić information content (AvgIpc) is 3.53. The van der Waals surface area contributed by atoms with Gasteiger partial charge in [-0.25, -0.2) is 4.98 Å². The number of hydrogen-bond acceptors (Lipinski definition) is 4. The molecule has 1 aliphatic carbocycles. The molecule has 0 atom stereocenters. The van der Waals surface area contributed by atoms with E-state index < -0.39 is 0 Å². The van der Waals surface area contributed by atoms with E-state index in [1.54, 1.807) is 13.2 Å². The molecule has 1 aliphatic rings. The number of aromatic nitrogens is 1. The summed E-state index contributed by atoms with van der Waals surface area (Å²) in [4.78, 5) is 8.65. The molecule has 1 heterocycles. The molecule has 1 aromatic heterocycles. The molecule has 0 unspecified atom stereocenters.